The second-order valence-electron chi connectivity index (χ2n) is 5.59. The lowest BCUT2D eigenvalue weighted by atomic mass is 9.64. The molecule has 2 bridgehead atoms. The smallest absolute Gasteiger partial charge is 0.119 e. The van der Waals surface area contributed by atoms with Crippen LogP contribution in [0.5, 0.6) is 5.75 Å². The molecule has 3 rings (SSSR count). The summed E-state index contributed by atoms with van der Waals surface area (Å²) in [5.74, 6) is 0.748. The van der Waals surface area contributed by atoms with Gasteiger partial charge >= 0.3 is 0 Å². The summed E-state index contributed by atoms with van der Waals surface area (Å²) in [5, 5.41) is 20.2. The SMILES string of the molecule is COc1ccc2c(c1)C1(C#N)CCN(C)C(C1)C2O. The molecular formula is C15H18N2O2. The zero-order valence-electron chi connectivity index (χ0n) is 11.3. The number of rotatable bonds is 1. The lowest BCUT2D eigenvalue weighted by Crippen LogP contribution is -2.53. The van der Waals surface area contributed by atoms with Crippen molar-refractivity contribution in [1.29, 1.82) is 5.26 Å². The molecule has 1 aromatic carbocycles. The van der Waals surface area contributed by atoms with Gasteiger partial charge in [0.1, 0.15) is 5.75 Å². The molecule has 100 valence electrons. The van der Waals surface area contributed by atoms with E-state index in [9.17, 15) is 10.4 Å². The van der Waals surface area contributed by atoms with Crippen molar-refractivity contribution in [1.82, 2.24) is 4.90 Å². The molecule has 0 radical (unpaired) electrons. The number of fused-ring (bicyclic) bond motifs is 4. The van der Waals surface area contributed by atoms with Gasteiger partial charge in [-0.1, -0.05) is 6.07 Å². The van der Waals surface area contributed by atoms with Crippen molar-refractivity contribution >= 4 is 0 Å². The van der Waals surface area contributed by atoms with Gasteiger partial charge < -0.3 is 14.7 Å². The van der Waals surface area contributed by atoms with Crippen molar-refractivity contribution in [2.45, 2.75) is 30.4 Å². The maximum atomic E-state index is 10.5. The van der Waals surface area contributed by atoms with Crippen molar-refractivity contribution < 1.29 is 9.84 Å². The van der Waals surface area contributed by atoms with E-state index < -0.39 is 11.5 Å². The molecular weight excluding hydrogens is 240 g/mol. The van der Waals surface area contributed by atoms with Gasteiger partial charge in [-0.15, -0.1) is 0 Å². The summed E-state index contributed by atoms with van der Waals surface area (Å²) in [5.41, 5.74) is 1.36. The molecule has 1 saturated heterocycles. The average Bonchev–Trinajstić information content (AvgIpc) is 2.46. The largest absolute Gasteiger partial charge is 0.497 e. The van der Waals surface area contributed by atoms with Gasteiger partial charge in [-0.25, -0.2) is 0 Å². The zero-order valence-corrected chi connectivity index (χ0v) is 11.3. The number of nitriles is 1. The van der Waals surface area contributed by atoms with Gasteiger partial charge in [0.15, 0.2) is 0 Å². The zero-order chi connectivity index (χ0) is 13.6. The van der Waals surface area contributed by atoms with Crippen LogP contribution in [0, 0.1) is 11.3 Å². The van der Waals surface area contributed by atoms with Crippen LogP contribution in [0.4, 0.5) is 0 Å². The Labute approximate surface area is 113 Å². The van der Waals surface area contributed by atoms with Gasteiger partial charge in [0.2, 0.25) is 0 Å². The fourth-order valence-corrected chi connectivity index (χ4v) is 3.45. The van der Waals surface area contributed by atoms with Crippen LogP contribution < -0.4 is 4.74 Å². The summed E-state index contributed by atoms with van der Waals surface area (Å²) in [6, 6.07) is 8.21. The number of piperidine rings is 1. The highest BCUT2D eigenvalue weighted by Crippen LogP contribution is 2.49. The summed E-state index contributed by atoms with van der Waals surface area (Å²) >= 11 is 0. The molecule has 0 spiro atoms. The van der Waals surface area contributed by atoms with Crippen LogP contribution in [0.25, 0.3) is 0 Å². The molecule has 2 aliphatic rings. The summed E-state index contributed by atoms with van der Waals surface area (Å²) in [6.45, 7) is 0.839. The molecule has 1 aromatic rings. The summed E-state index contributed by atoms with van der Waals surface area (Å²) in [4.78, 5) is 2.16. The number of ether oxygens (including phenoxy) is 1. The second kappa shape index (κ2) is 4.22. The Kier molecular flexibility index (Phi) is 2.77. The first-order valence-corrected chi connectivity index (χ1v) is 6.59. The van der Waals surface area contributed by atoms with Crippen molar-refractivity contribution in [2.75, 3.05) is 20.7 Å². The van der Waals surface area contributed by atoms with Gasteiger partial charge in [0.05, 0.1) is 24.7 Å². The first kappa shape index (κ1) is 12.5. The van der Waals surface area contributed by atoms with E-state index >= 15 is 0 Å². The molecule has 1 N–H and O–H groups in total. The Balaban J connectivity index is 2.19. The third kappa shape index (κ3) is 1.66. The summed E-state index contributed by atoms with van der Waals surface area (Å²) in [6.07, 6.45) is 0.984. The van der Waals surface area contributed by atoms with E-state index in [-0.39, 0.29) is 6.04 Å². The van der Waals surface area contributed by atoms with Crippen LogP contribution in [-0.4, -0.2) is 36.8 Å². The number of hydrogen-bond acceptors (Lipinski definition) is 4. The van der Waals surface area contributed by atoms with E-state index in [1.165, 1.54) is 0 Å². The first-order chi connectivity index (χ1) is 9.11. The standard InChI is InChI=1S/C15H18N2O2/c1-17-6-5-15(9-16)8-13(17)14(18)11-4-3-10(19-2)7-12(11)15/h3-4,7,13-14,18H,5-6,8H2,1-2H3. The molecule has 0 saturated carbocycles. The monoisotopic (exact) mass is 258 g/mol. The average molecular weight is 258 g/mol. The highest BCUT2D eigenvalue weighted by Gasteiger charge is 2.49. The van der Waals surface area contributed by atoms with E-state index in [1.54, 1.807) is 7.11 Å². The number of aliphatic hydroxyl groups is 1. The Morgan fingerprint density at radius 2 is 2.32 bits per heavy atom. The summed E-state index contributed by atoms with van der Waals surface area (Å²) < 4.78 is 5.26. The number of methoxy groups -OCH3 is 1. The molecule has 4 heteroatoms. The minimum absolute atomic E-state index is 0.0364. The molecule has 19 heavy (non-hydrogen) atoms. The van der Waals surface area contributed by atoms with E-state index in [4.69, 9.17) is 4.74 Å². The first-order valence-electron chi connectivity index (χ1n) is 6.59. The van der Waals surface area contributed by atoms with Crippen molar-refractivity contribution in [3.63, 3.8) is 0 Å². The third-order valence-corrected chi connectivity index (χ3v) is 4.69. The number of aliphatic hydroxyl groups excluding tert-OH is 1. The molecule has 3 atom stereocenters. The van der Waals surface area contributed by atoms with E-state index in [1.807, 2.05) is 25.2 Å². The minimum atomic E-state index is -0.521. The Morgan fingerprint density at radius 1 is 1.53 bits per heavy atom. The highest BCUT2D eigenvalue weighted by atomic mass is 16.5. The topological polar surface area (TPSA) is 56.5 Å². The number of hydrogen-bond donors (Lipinski definition) is 1. The number of likely N-dealkylation sites (tertiary alicyclic amines) is 1. The number of likely N-dealkylation sites (N-methyl/N-ethyl adjacent to an activating group) is 1. The van der Waals surface area contributed by atoms with E-state index in [0.717, 1.165) is 29.8 Å². The number of nitrogens with zero attached hydrogens (tertiary/aromatic N) is 2. The lowest BCUT2D eigenvalue weighted by molar-refractivity contribution is 0.00835. The van der Waals surface area contributed by atoms with Gasteiger partial charge in [-0.05, 0) is 43.1 Å². The van der Waals surface area contributed by atoms with Gasteiger partial charge in [0, 0.05) is 12.6 Å². The highest BCUT2D eigenvalue weighted by molar-refractivity contribution is 5.48. The quantitative estimate of drug-likeness (QED) is 0.831. The molecule has 1 fully saturated rings. The van der Waals surface area contributed by atoms with Gasteiger partial charge in [-0.2, -0.15) is 5.26 Å². The second-order valence-corrected chi connectivity index (χ2v) is 5.59. The van der Waals surface area contributed by atoms with Gasteiger partial charge in [0.25, 0.3) is 0 Å². The van der Waals surface area contributed by atoms with Crippen molar-refractivity contribution in [3.05, 3.63) is 29.3 Å². The molecule has 3 unspecified atom stereocenters. The van der Waals surface area contributed by atoms with Crippen molar-refractivity contribution in [3.8, 4) is 11.8 Å². The van der Waals surface area contributed by atoms with Crippen LogP contribution in [0.2, 0.25) is 0 Å². The van der Waals surface area contributed by atoms with Gasteiger partial charge in [-0.3, -0.25) is 0 Å². The predicted molar refractivity (Wildman–Crippen MR) is 70.9 cm³/mol. The van der Waals surface area contributed by atoms with E-state index in [2.05, 4.69) is 11.0 Å². The van der Waals surface area contributed by atoms with Crippen LogP contribution in [0.15, 0.2) is 18.2 Å². The molecule has 1 aliphatic heterocycles. The fraction of sp³-hybridized carbons (Fsp3) is 0.533. The van der Waals surface area contributed by atoms with Crippen LogP contribution >= 0.6 is 0 Å². The molecule has 1 heterocycles. The molecule has 0 aromatic heterocycles. The van der Waals surface area contributed by atoms with Crippen LogP contribution in [-0.2, 0) is 5.41 Å². The maximum absolute atomic E-state index is 10.5. The molecule has 0 amide bonds. The van der Waals surface area contributed by atoms with E-state index in [0.29, 0.717) is 6.42 Å². The fourth-order valence-electron chi connectivity index (χ4n) is 3.45. The Morgan fingerprint density at radius 3 is 3.00 bits per heavy atom. The molecule has 1 aliphatic carbocycles. The normalized spacial score (nSPS) is 33.4. The Bertz CT molecular complexity index is 552. The van der Waals surface area contributed by atoms with Crippen molar-refractivity contribution in [2.24, 2.45) is 0 Å². The maximum Gasteiger partial charge on any atom is 0.119 e. The lowest BCUT2D eigenvalue weighted by Gasteiger charge is -2.49. The van der Waals surface area contributed by atoms with Crippen LogP contribution in [0.3, 0.4) is 0 Å². The Hall–Kier alpha value is -1.57. The third-order valence-electron chi connectivity index (χ3n) is 4.69. The van der Waals surface area contributed by atoms with Crippen LogP contribution in [0.1, 0.15) is 30.1 Å². The summed E-state index contributed by atoms with van der Waals surface area (Å²) in [7, 11) is 3.64. The predicted octanol–water partition coefficient (Wildman–Crippen LogP) is 1.60. The minimum Gasteiger partial charge on any atom is -0.497 e. The number of benzene rings is 1. The molecule has 4 nitrogen and oxygen atoms in total.